The lowest BCUT2D eigenvalue weighted by Gasteiger charge is -2.26. The normalized spacial score (nSPS) is 17.1. The van der Waals surface area contributed by atoms with Crippen LogP contribution in [0.3, 0.4) is 0 Å². The van der Waals surface area contributed by atoms with Gasteiger partial charge in [-0.1, -0.05) is 17.6 Å². The molecule has 1 aliphatic rings. The van der Waals surface area contributed by atoms with Crippen molar-refractivity contribution in [2.45, 2.75) is 25.8 Å². The third-order valence-electron chi connectivity index (χ3n) is 3.82. The highest BCUT2D eigenvalue weighted by atomic mass is 19.1. The van der Waals surface area contributed by atoms with Gasteiger partial charge in [0.1, 0.15) is 5.82 Å². The number of nitrogens with two attached hydrogens (primary N) is 1. The summed E-state index contributed by atoms with van der Waals surface area (Å²) in [6, 6.07) is 4.34. The molecule has 1 saturated heterocycles. The van der Waals surface area contributed by atoms with E-state index in [1.165, 1.54) is 44.5 Å². The minimum Gasteiger partial charge on any atom is -0.409 e. The minimum absolute atomic E-state index is 0.0673. The van der Waals surface area contributed by atoms with Gasteiger partial charge in [0.15, 0.2) is 5.84 Å². The van der Waals surface area contributed by atoms with Gasteiger partial charge >= 0.3 is 0 Å². The minimum atomic E-state index is -0.395. The van der Waals surface area contributed by atoms with Crippen LogP contribution in [0.1, 0.15) is 30.4 Å². The van der Waals surface area contributed by atoms with Gasteiger partial charge in [0, 0.05) is 25.2 Å². The molecule has 0 aliphatic carbocycles. The highest BCUT2D eigenvalue weighted by Gasteiger charge is 2.10. The maximum atomic E-state index is 13.3. The number of halogens is 1. The lowest BCUT2D eigenvalue weighted by Crippen LogP contribution is -2.35. The summed E-state index contributed by atoms with van der Waals surface area (Å²) in [6.07, 6.45) is 3.90. The first-order chi connectivity index (χ1) is 10.2. The van der Waals surface area contributed by atoms with Crippen LogP contribution in [0.15, 0.2) is 23.4 Å². The second kappa shape index (κ2) is 7.95. The topological polar surface area (TPSA) is 73.9 Å². The number of piperidine rings is 1. The predicted octanol–water partition coefficient (Wildman–Crippen LogP) is 1.50. The van der Waals surface area contributed by atoms with Crippen molar-refractivity contribution in [2.75, 3.05) is 26.2 Å². The third-order valence-corrected chi connectivity index (χ3v) is 3.82. The summed E-state index contributed by atoms with van der Waals surface area (Å²) < 4.78 is 13.3. The van der Waals surface area contributed by atoms with Gasteiger partial charge in [-0.3, -0.25) is 0 Å². The summed E-state index contributed by atoms with van der Waals surface area (Å²) in [5, 5.41) is 15.0. The summed E-state index contributed by atoms with van der Waals surface area (Å²) in [5.74, 6) is -0.462. The number of amidine groups is 1. The molecule has 5 nitrogen and oxygen atoms in total. The number of hydrogen-bond acceptors (Lipinski definition) is 4. The van der Waals surface area contributed by atoms with Crippen LogP contribution >= 0.6 is 0 Å². The van der Waals surface area contributed by atoms with Crippen LogP contribution in [0.2, 0.25) is 0 Å². The maximum absolute atomic E-state index is 13.3. The number of likely N-dealkylation sites (tertiary alicyclic amines) is 1. The molecule has 1 aromatic rings. The maximum Gasteiger partial charge on any atom is 0.170 e. The van der Waals surface area contributed by atoms with E-state index < -0.39 is 5.82 Å². The summed E-state index contributed by atoms with van der Waals surface area (Å²) >= 11 is 0. The van der Waals surface area contributed by atoms with E-state index in [0.29, 0.717) is 12.1 Å². The van der Waals surface area contributed by atoms with E-state index in [4.69, 9.17) is 10.9 Å². The van der Waals surface area contributed by atoms with Crippen LogP contribution in [0.4, 0.5) is 4.39 Å². The first-order valence-corrected chi connectivity index (χ1v) is 7.40. The monoisotopic (exact) mass is 294 g/mol. The fourth-order valence-corrected chi connectivity index (χ4v) is 2.64. The summed E-state index contributed by atoms with van der Waals surface area (Å²) in [6.45, 7) is 4.80. The van der Waals surface area contributed by atoms with Crippen LogP contribution in [0.25, 0.3) is 0 Å². The molecule has 1 fully saturated rings. The van der Waals surface area contributed by atoms with E-state index in [1.807, 2.05) is 0 Å². The molecule has 116 valence electrons. The molecule has 0 spiro atoms. The van der Waals surface area contributed by atoms with E-state index in [-0.39, 0.29) is 5.84 Å². The molecule has 0 unspecified atom stereocenters. The van der Waals surface area contributed by atoms with Gasteiger partial charge < -0.3 is 21.2 Å². The number of rotatable bonds is 6. The molecule has 0 bridgehead atoms. The Hall–Kier alpha value is -1.66. The van der Waals surface area contributed by atoms with Crippen molar-refractivity contribution >= 4 is 5.84 Å². The van der Waals surface area contributed by atoms with Gasteiger partial charge in [-0.2, -0.15) is 0 Å². The van der Waals surface area contributed by atoms with Crippen LogP contribution in [0.5, 0.6) is 0 Å². The van der Waals surface area contributed by atoms with Crippen molar-refractivity contribution in [3.05, 3.63) is 35.1 Å². The average molecular weight is 294 g/mol. The fraction of sp³-hybridized carbons (Fsp3) is 0.533. The Labute approximate surface area is 124 Å². The summed E-state index contributed by atoms with van der Waals surface area (Å²) in [4.78, 5) is 2.45. The molecule has 1 aromatic carbocycles. The Morgan fingerprint density at radius 2 is 2.10 bits per heavy atom. The number of benzene rings is 1. The second-order valence-corrected chi connectivity index (χ2v) is 5.37. The lowest BCUT2D eigenvalue weighted by molar-refractivity contribution is 0.229. The summed E-state index contributed by atoms with van der Waals surface area (Å²) in [5.41, 5.74) is 6.84. The Kier molecular flexibility index (Phi) is 5.95. The highest BCUT2D eigenvalue weighted by molar-refractivity contribution is 5.98. The Morgan fingerprint density at radius 1 is 1.33 bits per heavy atom. The first kappa shape index (κ1) is 15.7. The first-order valence-electron chi connectivity index (χ1n) is 7.40. The van der Waals surface area contributed by atoms with Gasteiger partial charge in [0.2, 0.25) is 0 Å². The van der Waals surface area contributed by atoms with Crippen molar-refractivity contribution in [2.24, 2.45) is 10.9 Å². The molecule has 2 rings (SSSR count). The molecule has 21 heavy (non-hydrogen) atoms. The molecule has 1 aliphatic heterocycles. The lowest BCUT2D eigenvalue weighted by atomic mass is 10.1. The van der Waals surface area contributed by atoms with Gasteiger partial charge in [0.25, 0.3) is 0 Å². The SMILES string of the molecule is NC(=NO)c1cc(F)ccc1CNCCN1CCCCC1. The van der Waals surface area contributed by atoms with Crippen molar-refractivity contribution in [1.82, 2.24) is 10.2 Å². The molecule has 0 aromatic heterocycles. The summed E-state index contributed by atoms with van der Waals surface area (Å²) in [7, 11) is 0. The van der Waals surface area contributed by atoms with E-state index >= 15 is 0 Å². The number of hydrogen-bond donors (Lipinski definition) is 3. The average Bonchev–Trinajstić information content (AvgIpc) is 2.53. The zero-order valence-corrected chi connectivity index (χ0v) is 12.2. The Balaban J connectivity index is 1.85. The van der Waals surface area contributed by atoms with Crippen molar-refractivity contribution in [3.8, 4) is 0 Å². The smallest absolute Gasteiger partial charge is 0.170 e. The van der Waals surface area contributed by atoms with Crippen molar-refractivity contribution in [3.63, 3.8) is 0 Å². The highest BCUT2D eigenvalue weighted by Crippen LogP contribution is 2.11. The van der Waals surface area contributed by atoms with Gasteiger partial charge in [0.05, 0.1) is 0 Å². The van der Waals surface area contributed by atoms with Crippen molar-refractivity contribution < 1.29 is 9.60 Å². The van der Waals surface area contributed by atoms with Crippen LogP contribution in [-0.4, -0.2) is 42.1 Å². The van der Waals surface area contributed by atoms with Crippen LogP contribution in [0, 0.1) is 5.82 Å². The Bertz CT molecular complexity index is 487. The molecule has 6 heteroatoms. The molecule has 0 atom stereocenters. The molecular formula is C15H23FN4O. The van der Waals surface area contributed by atoms with E-state index in [0.717, 1.165) is 18.7 Å². The molecule has 4 N–H and O–H groups in total. The second-order valence-electron chi connectivity index (χ2n) is 5.37. The number of nitrogens with zero attached hydrogens (tertiary/aromatic N) is 2. The largest absolute Gasteiger partial charge is 0.409 e. The molecular weight excluding hydrogens is 271 g/mol. The van der Waals surface area contributed by atoms with Crippen LogP contribution in [-0.2, 0) is 6.54 Å². The number of nitrogens with one attached hydrogen (secondary N) is 1. The van der Waals surface area contributed by atoms with E-state index in [9.17, 15) is 4.39 Å². The zero-order chi connectivity index (χ0) is 15.1. The molecule has 1 heterocycles. The van der Waals surface area contributed by atoms with Gasteiger partial charge in [-0.05, 0) is 43.6 Å². The standard InChI is InChI=1S/C15H23FN4O/c16-13-5-4-12(14(10-13)15(17)19-21)11-18-6-9-20-7-2-1-3-8-20/h4-5,10,18,21H,1-3,6-9,11H2,(H2,17,19). The van der Waals surface area contributed by atoms with Gasteiger partial charge in [-0.15, -0.1) is 0 Å². The fourth-order valence-electron chi connectivity index (χ4n) is 2.64. The zero-order valence-electron chi connectivity index (χ0n) is 12.2. The van der Waals surface area contributed by atoms with E-state index in [1.54, 1.807) is 6.07 Å². The third kappa shape index (κ3) is 4.68. The molecule has 0 amide bonds. The predicted molar refractivity (Wildman–Crippen MR) is 80.9 cm³/mol. The van der Waals surface area contributed by atoms with Crippen molar-refractivity contribution in [1.29, 1.82) is 0 Å². The van der Waals surface area contributed by atoms with Gasteiger partial charge in [-0.25, -0.2) is 4.39 Å². The van der Waals surface area contributed by atoms with Crippen LogP contribution < -0.4 is 11.1 Å². The Morgan fingerprint density at radius 3 is 2.81 bits per heavy atom. The van der Waals surface area contributed by atoms with E-state index in [2.05, 4.69) is 15.4 Å². The molecule has 0 saturated carbocycles. The quantitative estimate of drug-likeness (QED) is 0.244. The number of oxime groups is 1. The molecule has 0 radical (unpaired) electrons.